The molecular weight excluding hydrogens is 406 g/mol. The molecule has 2 amide bonds. The fourth-order valence-corrected chi connectivity index (χ4v) is 2.80. The van der Waals surface area contributed by atoms with Crippen molar-refractivity contribution in [3.63, 3.8) is 0 Å². The first-order chi connectivity index (χ1) is 13.8. The van der Waals surface area contributed by atoms with E-state index in [1.807, 2.05) is 13.8 Å². The number of anilines is 2. The van der Waals surface area contributed by atoms with Crippen molar-refractivity contribution in [3.8, 4) is 0 Å². The molecule has 0 saturated heterocycles. The molecule has 8 nitrogen and oxygen atoms in total. The second-order valence-electron chi connectivity index (χ2n) is 6.75. The third-order valence-corrected chi connectivity index (χ3v) is 4.25. The second kappa shape index (κ2) is 11.7. The lowest BCUT2D eigenvalue weighted by atomic mass is 10.0. The number of carbonyl (C=O) groups excluding carboxylic acids is 2. The van der Waals surface area contributed by atoms with Crippen LogP contribution in [0.3, 0.4) is 0 Å². The van der Waals surface area contributed by atoms with Gasteiger partial charge in [0.1, 0.15) is 5.84 Å². The third kappa shape index (κ3) is 7.29. The molecule has 0 bridgehead atoms. The number of nitrogens with one attached hydrogen (secondary N) is 4. The molecule has 0 spiro atoms. The Morgan fingerprint density at radius 1 is 1.13 bits per heavy atom. The Morgan fingerprint density at radius 2 is 1.80 bits per heavy atom. The fraction of sp³-hybridized carbons (Fsp3) is 0.286. The van der Waals surface area contributed by atoms with Crippen LogP contribution in [-0.2, 0) is 4.79 Å². The van der Waals surface area contributed by atoms with Gasteiger partial charge in [-0.1, -0.05) is 19.4 Å². The van der Waals surface area contributed by atoms with Crippen LogP contribution < -0.4 is 26.8 Å². The number of rotatable bonds is 9. The molecule has 1 atom stereocenters. The van der Waals surface area contributed by atoms with Gasteiger partial charge < -0.3 is 31.6 Å². The topological polar surface area (TPSA) is 143 Å². The minimum atomic E-state index is -1.30. The zero-order valence-corrected chi connectivity index (χ0v) is 17.8. The minimum Gasteiger partial charge on any atom is -0.548 e. The number of unbranched alkanes of at least 4 members (excludes halogenated alkanes) is 1. The van der Waals surface area contributed by atoms with Gasteiger partial charge >= 0.3 is 6.03 Å². The number of halogens is 1. The van der Waals surface area contributed by atoms with Crippen molar-refractivity contribution >= 4 is 41.6 Å². The van der Waals surface area contributed by atoms with E-state index in [-0.39, 0.29) is 24.3 Å². The quantitative estimate of drug-likeness (QED) is 0.235. The summed E-state index contributed by atoms with van der Waals surface area (Å²) in [4.78, 5) is 23.8. The van der Waals surface area contributed by atoms with Crippen LogP contribution in [0, 0.1) is 12.3 Å². The summed E-state index contributed by atoms with van der Waals surface area (Å²) >= 11 is 0. The lowest BCUT2D eigenvalue weighted by Gasteiger charge is -2.23. The van der Waals surface area contributed by atoms with Crippen LogP contribution in [0.15, 0.2) is 42.5 Å². The van der Waals surface area contributed by atoms with Crippen LogP contribution in [-0.4, -0.2) is 24.4 Å². The first kappa shape index (κ1) is 24.8. The number of aryl methyl sites for hydroxylation is 1. The van der Waals surface area contributed by atoms with E-state index in [0.717, 1.165) is 18.4 Å². The van der Waals surface area contributed by atoms with Gasteiger partial charge in [0.2, 0.25) is 0 Å². The molecule has 0 aliphatic rings. The molecule has 0 aliphatic carbocycles. The lowest BCUT2D eigenvalue weighted by Crippen LogP contribution is -2.34. The molecule has 1 unspecified atom stereocenters. The fourth-order valence-electron chi connectivity index (χ4n) is 2.80. The van der Waals surface area contributed by atoms with Crippen molar-refractivity contribution in [1.29, 1.82) is 5.41 Å². The Kier molecular flexibility index (Phi) is 9.64. The normalized spacial score (nSPS) is 11.0. The molecule has 0 aromatic heterocycles. The predicted octanol–water partition coefficient (Wildman–Crippen LogP) is 2.53. The van der Waals surface area contributed by atoms with Gasteiger partial charge in [0, 0.05) is 23.5 Å². The van der Waals surface area contributed by atoms with E-state index in [4.69, 9.17) is 11.1 Å². The summed E-state index contributed by atoms with van der Waals surface area (Å²) in [6.07, 6.45) is 1.85. The highest BCUT2D eigenvalue weighted by atomic mass is 35.5. The Bertz CT molecular complexity index is 887. The zero-order chi connectivity index (χ0) is 21.4. The van der Waals surface area contributed by atoms with E-state index in [1.54, 1.807) is 42.5 Å². The van der Waals surface area contributed by atoms with Crippen molar-refractivity contribution in [2.24, 2.45) is 5.73 Å². The highest BCUT2D eigenvalue weighted by molar-refractivity contribution is 5.95. The molecular formula is C21H27ClN5O3-. The van der Waals surface area contributed by atoms with Crippen LogP contribution in [0.5, 0.6) is 0 Å². The maximum absolute atomic E-state index is 12.0. The lowest BCUT2D eigenvalue weighted by molar-refractivity contribution is -0.307. The summed E-state index contributed by atoms with van der Waals surface area (Å²) in [5.41, 5.74) is 8.25. The molecule has 0 aliphatic heterocycles. The number of carboxylic acid groups (broad SMARTS) is 1. The molecule has 6 N–H and O–H groups in total. The molecule has 162 valence electrons. The van der Waals surface area contributed by atoms with E-state index in [0.29, 0.717) is 29.0 Å². The number of amidine groups is 1. The summed E-state index contributed by atoms with van der Waals surface area (Å²) in [6.45, 7) is 4.42. The van der Waals surface area contributed by atoms with Crippen LogP contribution in [0.25, 0.3) is 0 Å². The smallest absolute Gasteiger partial charge is 0.319 e. The standard InChI is InChI=1S/C21H27N5O3.ClH/c1-3-4-9-24-21(29)26-17-11-13(2)10-15(12-17)18(20(27)28)25-16-7-5-14(6-8-16)19(22)23;/h5-8,10-12,18,25H,3-4,9H2,1-2H3,(H3,22,23)(H,27,28)(H2,24,26,29);1H/p-1. The molecule has 0 radical (unpaired) electrons. The maximum Gasteiger partial charge on any atom is 0.319 e. The monoisotopic (exact) mass is 432 g/mol. The molecule has 30 heavy (non-hydrogen) atoms. The minimum absolute atomic E-state index is 0. The van der Waals surface area contributed by atoms with Gasteiger partial charge in [-0.3, -0.25) is 5.41 Å². The summed E-state index contributed by atoms with van der Waals surface area (Å²) in [5.74, 6) is -1.37. The van der Waals surface area contributed by atoms with Crippen LogP contribution in [0.4, 0.5) is 16.2 Å². The number of urea groups is 1. The molecule has 0 heterocycles. The number of aliphatic carboxylic acids is 1. The average Bonchev–Trinajstić information content (AvgIpc) is 2.66. The van der Waals surface area contributed by atoms with Gasteiger partial charge in [0.15, 0.2) is 0 Å². The number of hydrogen-bond donors (Lipinski definition) is 5. The number of nitrogens with two attached hydrogens (primary N) is 1. The zero-order valence-electron chi connectivity index (χ0n) is 17.0. The Balaban J connectivity index is 0.00000450. The summed E-state index contributed by atoms with van der Waals surface area (Å²) < 4.78 is 0. The molecule has 0 saturated carbocycles. The van der Waals surface area contributed by atoms with Crippen LogP contribution >= 0.6 is 12.4 Å². The van der Waals surface area contributed by atoms with E-state index >= 15 is 0 Å². The first-order valence-electron chi connectivity index (χ1n) is 9.38. The molecule has 0 fully saturated rings. The molecule has 2 aromatic rings. The number of nitrogen functional groups attached to an aromatic ring is 1. The van der Waals surface area contributed by atoms with Gasteiger partial charge in [-0.05, 0) is 60.9 Å². The van der Waals surface area contributed by atoms with E-state index < -0.39 is 12.0 Å². The van der Waals surface area contributed by atoms with Crippen LogP contribution in [0.2, 0.25) is 0 Å². The largest absolute Gasteiger partial charge is 0.548 e. The summed E-state index contributed by atoms with van der Waals surface area (Å²) in [7, 11) is 0. The number of hydrogen-bond acceptors (Lipinski definition) is 5. The van der Waals surface area contributed by atoms with Crippen molar-refractivity contribution in [1.82, 2.24) is 5.32 Å². The van der Waals surface area contributed by atoms with Crippen molar-refractivity contribution in [3.05, 3.63) is 59.2 Å². The molecule has 9 heteroatoms. The van der Waals surface area contributed by atoms with Gasteiger partial charge in [-0.25, -0.2) is 4.79 Å². The average molecular weight is 433 g/mol. The second-order valence-corrected chi connectivity index (χ2v) is 6.75. The molecule has 2 aromatic carbocycles. The predicted molar refractivity (Wildman–Crippen MR) is 119 cm³/mol. The SMILES string of the molecule is CCCCNC(=O)Nc1cc(C)cc(C(Nc2ccc(C(=N)N)cc2)C(=O)[O-])c1.Cl. The number of carbonyl (C=O) groups is 2. The van der Waals surface area contributed by atoms with E-state index in [1.165, 1.54) is 0 Å². The van der Waals surface area contributed by atoms with Crippen molar-refractivity contribution < 1.29 is 14.7 Å². The van der Waals surface area contributed by atoms with Gasteiger partial charge in [0.25, 0.3) is 0 Å². The van der Waals surface area contributed by atoms with E-state index in [2.05, 4.69) is 16.0 Å². The first-order valence-corrected chi connectivity index (χ1v) is 9.38. The third-order valence-electron chi connectivity index (χ3n) is 4.25. The highest BCUT2D eigenvalue weighted by Crippen LogP contribution is 2.24. The number of amides is 2. The van der Waals surface area contributed by atoms with E-state index in [9.17, 15) is 14.7 Å². The van der Waals surface area contributed by atoms with Gasteiger partial charge in [-0.2, -0.15) is 0 Å². The Labute approximate surface area is 182 Å². The van der Waals surface area contributed by atoms with Crippen LogP contribution in [0.1, 0.15) is 42.5 Å². The molecule has 2 rings (SSSR count). The summed E-state index contributed by atoms with van der Waals surface area (Å²) in [5, 5.41) is 27.6. The summed E-state index contributed by atoms with van der Waals surface area (Å²) in [6, 6.07) is 10.2. The number of carboxylic acids is 1. The van der Waals surface area contributed by atoms with Crippen molar-refractivity contribution in [2.45, 2.75) is 32.7 Å². The Hall–Kier alpha value is -3.26. The van der Waals surface area contributed by atoms with Gasteiger partial charge in [0.05, 0.1) is 12.0 Å². The number of benzene rings is 2. The highest BCUT2D eigenvalue weighted by Gasteiger charge is 2.15. The maximum atomic E-state index is 12.0. The van der Waals surface area contributed by atoms with Crippen molar-refractivity contribution in [2.75, 3.05) is 17.2 Å². The Morgan fingerprint density at radius 3 is 2.37 bits per heavy atom. The van der Waals surface area contributed by atoms with Gasteiger partial charge in [-0.15, -0.1) is 12.4 Å².